The molecule has 146 valence electrons. The fourth-order valence-corrected chi connectivity index (χ4v) is 3.18. The lowest BCUT2D eigenvalue weighted by molar-refractivity contribution is 0.211. The highest BCUT2D eigenvalue weighted by molar-refractivity contribution is 6.42. The average Bonchev–Trinajstić information content (AvgIpc) is 3.08. The third kappa shape index (κ3) is 4.24. The Balaban J connectivity index is 1.59. The van der Waals surface area contributed by atoms with Crippen molar-refractivity contribution in [3.8, 4) is 28.6 Å². The van der Waals surface area contributed by atoms with Gasteiger partial charge in [0.1, 0.15) is 17.3 Å². The smallest absolute Gasteiger partial charge is 0.410 e. The second-order valence-electron chi connectivity index (χ2n) is 6.01. The topological polar surface area (TPSA) is 90.2 Å². The van der Waals surface area contributed by atoms with Gasteiger partial charge in [-0.15, -0.1) is 0 Å². The van der Waals surface area contributed by atoms with Gasteiger partial charge in [0.2, 0.25) is 0 Å². The Morgan fingerprint density at radius 1 is 0.897 bits per heavy atom. The molecule has 0 bridgehead atoms. The monoisotopic (exact) mass is 447 g/mol. The minimum absolute atomic E-state index is 0.148. The molecular formula is C20H12Cl3N3O3. The van der Waals surface area contributed by atoms with Crippen LogP contribution in [0.2, 0.25) is 15.1 Å². The van der Waals surface area contributed by atoms with Gasteiger partial charge in [-0.2, -0.15) is 0 Å². The normalized spacial score (nSPS) is 10.9. The Kier molecular flexibility index (Phi) is 5.24. The maximum atomic E-state index is 11.0. The van der Waals surface area contributed by atoms with Crippen molar-refractivity contribution in [3.05, 3.63) is 69.7 Å². The molecule has 29 heavy (non-hydrogen) atoms. The highest BCUT2D eigenvalue weighted by atomic mass is 35.5. The SMILES string of the molecule is NC(=O)Oc1cc2nc(-c3ccc(Oc4ccc(Cl)c(Cl)c4)cc3)[nH]c2cc1Cl. The fourth-order valence-electron chi connectivity index (χ4n) is 2.69. The van der Waals surface area contributed by atoms with Crippen molar-refractivity contribution in [3.63, 3.8) is 0 Å². The summed E-state index contributed by atoms with van der Waals surface area (Å²) in [7, 11) is 0. The number of nitrogens with one attached hydrogen (secondary N) is 1. The number of fused-ring (bicyclic) bond motifs is 1. The fraction of sp³-hybridized carbons (Fsp3) is 0. The average molecular weight is 449 g/mol. The highest BCUT2D eigenvalue weighted by Gasteiger charge is 2.12. The summed E-state index contributed by atoms with van der Waals surface area (Å²) in [6, 6.07) is 15.5. The summed E-state index contributed by atoms with van der Waals surface area (Å²) in [5.41, 5.74) is 7.15. The maximum Gasteiger partial charge on any atom is 0.410 e. The van der Waals surface area contributed by atoms with E-state index in [1.807, 2.05) is 12.1 Å². The van der Waals surface area contributed by atoms with Crippen molar-refractivity contribution in [1.29, 1.82) is 0 Å². The van der Waals surface area contributed by atoms with Crippen LogP contribution in [0.1, 0.15) is 0 Å². The van der Waals surface area contributed by atoms with Crippen LogP contribution in [0.3, 0.4) is 0 Å². The Bertz CT molecular complexity index is 1220. The van der Waals surface area contributed by atoms with E-state index in [-0.39, 0.29) is 10.8 Å². The molecule has 1 aromatic heterocycles. The predicted molar refractivity (Wildman–Crippen MR) is 113 cm³/mol. The van der Waals surface area contributed by atoms with Crippen molar-refractivity contribution < 1.29 is 14.3 Å². The number of hydrogen-bond acceptors (Lipinski definition) is 4. The van der Waals surface area contributed by atoms with Crippen LogP contribution in [0, 0.1) is 0 Å². The van der Waals surface area contributed by atoms with Crippen LogP contribution in [0.25, 0.3) is 22.4 Å². The molecule has 0 radical (unpaired) electrons. The zero-order valence-electron chi connectivity index (χ0n) is 14.6. The highest BCUT2D eigenvalue weighted by Crippen LogP contribution is 2.32. The third-order valence-electron chi connectivity index (χ3n) is 4.00. The van der Waals surface area contributed by atoms with Crippen LogP contribution >= 0.6 is 34.8 Å². The summed E-state index contributed by atoms with van der Waals surface area (Å²) >= 11 is 18.0. The summed E-state index contributed by atoms with van der Waals surface area (Å²) in [5.74, 6) is 1.97. The van der Waals surface area contributed by atoms with Crippen LogP contribution < -0.4 is 15.2 Å². The van der Waals surface area contributed by atoms with Crippen molar-refractivity contribution in [2.24, 2.45) is 5.73 Å². The molecule has 4 rings (SSSR count). The van der Waals surface area contributed by atoms with Crippen LogP contribution in [0.4, 0.5) is 4.79 Å². The van der Waals surface area contributed by atoms with E-state index in [1.165, 1.54) is 0 Å². The molecule has 0 aliphatic heterocycles. The van der Waals surface area contributed by atoms with Gasteiger partial charge in [-0.1, -0.05) is 34.8 Å². The van der Waals surface area contributed by atoms with E-state index in [9.17, 15) is 4.79 Å². The molecule has 0 saturated carbocycles. The quantitative estimate of drug-likeness (QED) is 0.376. The number of aromatic nitrogens is 2. The number of primary amides is 1. The largest absolute Gasteiger partial charge is 0.457 e. The first kappa shape index (κ1) is 19.4. The van der Waals surface area contributed by atoms with Gasteiger partial charge in [-0.05, 0) is 42.5 Å². The lowest BCUT2D eigenvalue weighted by Gasteiger charge is -2.07. The Morgan fingerprint density at radius 3 is 2.31 bits per heavy atom. The summed E-state index contributed by atoms with van der Waals surface area (Å²) < 4.78 is 10.7. The van der Waals surface area contributed by atoms with Gasteiger partial charge in [0.15, 0.2) is 5.75 Å². The standard InChI is InChI=1S/C20H12Cl3N3O3/c21-13-6-5-12(7-14(13)22)28-11-3-1-10(2-4-11)19-25-16-8-15(23)18(29-20(24)27)9-17(16)26-19/h1-9H,(H2,24,27)(H,25,26). The first-order chi connectivity index (χ1) is 13.9. The van der Waals surface area contributed by atoms with Gasteiger partial charge < -0.3 is 20.2 Å². The number of imidazole rings is 1. The molecule has 0 fully saturated rings. The molecule has 0 unspecified atom stereocenters. The van der Waals surface area contributed by atoms with Gasteiger partial charge >= 0.3 is 6.09 Å². The zero-order chi connectivity index (χ0) is 20.5. The Labute approximate surface area is 180 Å². The van der Waals surface area contributed by atoms with Gasteiger partial charge in [0, 0.05) is 17.7 Å². The van der Waals surface area contributed by atoms with E-state index in [0.29, 0.717) is 38.4 Å². The molecule has 0 spiro atoms. The third-order valence-corrected chi connectivity index (χ3v) is 5.04. The number of amides is 1. The van der Waals surface area contributed by atoms with E-state index in [0.717, 1.165) is 5.56 Å². The van der Waals surface area contributed by atoms with Crippen LogP contribution in [0.15, 0.2) is 54.6 Å². The first-order valence-corrected chi connectivity index (χ1v) is 9.42. The molecule has 1 heterocycles. The van der Waals surface area contributed by atoms with Gasteiger partial charge in [-0.25, -0.2) is 9.78 Å². The Hall–Kier alpha value is -2.93. The lowest BCUT2D eigenvalue weighted by atomic mass is 10.2. The number of ether oxygens (including phenoxy) is 2. The molecule has 3 aromatic carbocycles. The molecule has 4 aromatic rings. The van der Waals surface area contributed by atoms with Gasteiger partial charge in [0.05, 0.1) is 26.1 Å². The van der Waals surface area contributed by atoms with Crippen molar-refractivity contribution in [1.82, 2.24) is 9.97 Å². The van der Waals surface area contributed by atoms with Crippen LogP contribution in [-0.2, 0) is 0 Å². The molecule has 0 atom stereocenters. The van der Waals surface area contributed by atoms with Crippen LogP contribution in [-0.4, -0.2) is 16.1 Å². The number of aromatic amines is 1. The minimum atomic E-state index is -0.945. The number of carbonyl (C=O) groups is 1. The van der Waals surface area contributed by atoms with Crippen molar-refractivity contribution in [2.45, 2.75) is 0 Å². The summed E-state index contributed by atoms with van der Waals surface area (Å²) in [6.07, 6.45) is -0.945. The molecule has 0 saturated heterocycles. The van der Waals surface area contributed by atoms with E-state index in [1.54, 1.807) is 42.5 Å². The van der Waals surface area contributed by atoms with Crippen molar-refractivity contribution >= 4 is 51.9 Å². The van der Waals surface area contributed by atoms with Gasteiger partial charge in [0.25, 0.3) is 0 Å². The van der Waals surface area contributed by atoms with E-state index < -0.39 is 6.09 Å². The number of nitrogens with zero attached hydrogens (tertiary/aromatic N) is 1. The second-order valence-corrected chi connectivity index (χ2v) is 7.23. The number of nitrogens with two attached hydrogens (primary N) is 1. The van der Waals surface area contributed by atoms with E-state index in [4.69, 9.17) is 50.0 Å². The molecule has 6 nitrogen and oxygen atoms in total. The molecule has 0 aliphatic rings. The minimum Gasteiger partial charge on any atom is -0.457 e. The van der Waals surface area contributed by atoms with Gasteiger partial charge in [-0.3, -0.25) is 0 Å². The lowest BCUT2D eigenvalue weighted by Crippen LogP contribution is -2.16. The maximum absolute atomic E-state index is 11.0. The van der Waals surface area contributed by atoms with Crippen LogP contribution in [0.5, 0.6) is 17.2 Å². The van der Waals surface area contributed by atoms with E-state index in [2.05, 4.69) is 9.97 Å². The zero-order valence-corrected chi connectivity index (χ0v) is 16.8. The number of rotatable bonds is 4. The number of hydrogen-bond donors (Lipinski definition) is 2. The van der Waals surface area contributed by atoms with Crippen molar-refractivity contribution in [2.75, 3.05) is 0 Å². The molecule has 3 N–H and O–H groups in total. The molecule has 1 amide bonds. The number of H-pyrrole nitrogens is 1. The van der Waals surface area contributed by atoms with E-state index >= 15 is 0 Å². The first-order valence-electron chi connectivity index (χ1n) is 8.29. The molecular weight excluding hydrogens is 437 g/mol. The number of halogens is 3. The molecule has 9 heteroatoms. The second kappa shape index (κ2) is 7.83. The summed E-state index contributed by atoms with van der Waals surface area (Å²) in [4.78, 5) is 18.7. The number of carbonyl (C=O) groups excluding carboxylic acids is 1. The summed E-state index contributed by atoms with van der Waals surface area (Å²) in [5, 5.41) is 1.13. The number of benzene rings is 3. The Morgan fingerprint density at radius 2 is 1.62 bits per heavy atom. The summed E-state index contributed by atoms with van der Waals surface area (Å²) in [6.45, 7) is 0. The molecule has 0 aliphatic carbocycles. The predicted octanol–water partition coefficient (Wildman–Crippen LogP) is 6.44.